The van der Waals surface area contributed by atoms with Crippen molar-refractivity contribution in [3.05, 3.63) is 39.3 Å². The lowest BCUT2D eigenvalue weighted by Crippen LogP contribution is -2.57. The summed E-state index contributed by atoms with van der Waals surface area (Å²) in [4.78, 5) is 28.5. The van der Waals surface area contributed by atoms with Crippen LogP contribution >= 0.6 is 11.6 Å². The van der Waals surface area contributed by atoms with Crippen LogP contribution < -0.4 is 15.4 Å². The van der Waals surface area contributed by atoms with Gasteiger partial charge in [-0.25, -0.2) is 13.6 Å². The summed E-state index contributed by atoms with van der Waals surface area (Å²) in [7, 11) is 0. The van der Waals surface area contributed by atoms with Crippen molar-refractivity contribution in [1.29, 1.82) is 0 Å². The standard InChI is InChI=1S/C33H40ClF5N6O4/c1-31(2,3)49-30(46)45-18-5-6-19(45)14-43(13-18)28-20-15-47-24(25-26(33(37,38)39)21(34)9-22(40)27(25)36)10-23(20)41-29(42-28)48-16-32-7-4-8-44(32)12-17(35)11-32/h9,17-19,24H,4-8,10-16,40H2,1-3H3/t17-,18?,19?,24?,32+/m1/s1. The van der Waals surface area contributed by atoms with Gasteiger partial charge >= 0.3 is 18.3 Å². The first kappa shape index (κ1) is 34.3. The minimum Gasteiger partial charge on any atom is -0.461 e. The van der Waals surface area contributed by atoms with Gasteiger partial charge in [0.1, 0.15) is 24.2 Å². The number of benzene rings is 1. The number of fused-ring (bicyclic) bond motifs is 4. The first-order valence-corrected chi connectivity index (χ1v) is 17.0. The van der Waals surface area contributed by atoms with E-state index in [2.05, 4.69) is 9.88 Å². The van der Waals surface area contributed by atoms with Crippen LogP contribution in [0, 0.1) is 5.82 Å². The molecular formula is C33H40ClF5N6O4. The summed E-state index contributed by atoms with van der Waals surface area (Å²) in [5, 5.41) is -0.732. The molecule has 2 N–H and O–H groups in total. The van der Waals surface area contributed by atoms with Gasteiger partial charge in [-0.1, -0.05) is 11.6 Å². The van der Waals surface area contributed by atoms with Crippen molar-refractivity contribution in [1.82, 2.24) is 19.8 Å². The lowest BCUT2D eigenvalue weighted by atomic mass is 9.93. The Labute approximate surface area is 286 Å². The molecule has 10 nitrogen and oxygen atoms in total. The van der Waals surface area contributed by atoms with Gasteiger partial charge < -0.3 is 24.8 Å². The highest BCUT2D eigenvalue weighted by atomic mass is 35.5. The zero-order valence-corrected chi connectivity index (χ0v) is 28.3. The van der Waals surface area contributed by atoms with Gasteiger partial charge in [0, 0.05) is 43.6 Å². The van der Waals surface area contributed by atoms with Gasteiger partial charge in [-0.2, -0.15) is 23.1 Å². The number of amides is 1. The maximum atomic E-state index is 15.4. The van der Waals surface area contributed by atoms with Crippen LogP contribution in [0.2, 0.25) is 5.02 Å². The van der Waals surface area contributed by atoms with Crippen LogP contribution in [0.4, 0.5) is 38.3 Å². The third-order valence-electron chi connectivity index (χ3n) is 10.4. The first-order valence-electron chi connectivity index (χ1n) is 16.7. The smallest absolute Gasteiger partial charge is 0.418 e. The molecule has 7 rings (SSSR count). The number of piperazine rings is 1. The van der Waals surface area contributed by atoms with Gasteiger partial charge in [0.15, 0.2) is 5.82 Å². The Morgan fingerprint density at radius 1 is 1.16 bits per heavy atom. The fraction of sp³-hybridized carbons (Fsp3) is 0.667. The van der Waals surface area contributed by atoms with E-state index in [0.29, 0.717) is 43.1 Å². The van der Waals surface area contributed by atoms with Crippen LogP contribution in [-0.2, 0) is 28.7 Å². The molecule has 6 heterocycles. The number of nitrogens with zero attached hydrogens (tertiary/aromatic N) is 5. The minimum absolute atomic E-state index is 0.0121. The number of halogens is 6. The highest BCUT2D eigenvalue weighted by molar-refractivity contribution is 6.31. The van der Waals surface area contributed by atoms with Crippen molar-refractivity contribution in [3.8, 4) is 6.01 Å². The summed E-state index contributed by atoms with van der Waals surface area (Å²) in [5.41, 5.74) is 2.78. The Morgan fingerprint density at radius 3 is 2.55 bits per heavy atom. The molecule has 1 amide bonds. The summed E-state index contributed by atoms with van der Waals surface area (Å²) < 4.78 is 90.4. The van der Waals surface area contributed by atoms with Gasteiger partial charge in [0.25, 0.3) is 0 Å². The van der Waals surface area contributed by atoms with Crippen molar-refractivity contribution < 1.29 is 41.0 Å². The second kappa shape index (κ2) is 12.3. The van der Waals surface area contributed by atoms with Crippen LogP contribution in [0.1, 0.15) is 81.4 Å². The summed E-state index contributed by atoms with van der Waals surface area (Å²) in [6.45, 7) is 7.30. The highest BCUT2D eigenvalue weighted by Crippen LogP contribution is 2.47. The zero-order valence-electron chi connectivity index (χ0n) is 27.6. The number of ether oxygens (including phenoxy) is 3. The summed E-state index contributed by atoms with van der Waals surface area (Å²) >= 11 is 5.98. The molecule has 5 aliphatic rings. The van der Waals surface area contributed by atoms with Crippen molar-refractivity contribution in [2.24, 2.45) is 0 Å². The van der Waals surface area contributed by atoms with E-state index in [4.69, 9.17) is 36.5 Å². The Kier molecular flexibility index (Phi) is 8.58. The monoisotopic (exact) mass is 714 g/mol. The average molecular weight is 715 g/mol. The molecule has 49 heavy (non-hydrogen) atoms. The number of aromatic nitrogens is 2. The molecular weight excluding hydrogens is 675 g/mol. The van der Waals surface area contributed by atoms with E-state index in [1.807, 2.05) is 25.7 Å². The molecule has 3 unspecified atom stereocenters. The van der Waals surface area contributed by atoms with E-state index in [-0.39, 0.29) is 43.8 Å². The topological polar surface area (TPSA) is 106 Å². The molecule has 0 radical (unpaired) electrons. The maximum Gasteiger partial charge on any atom is 0.418 e. The number of hydrogen-bond acceptors (Lipinski definition) is 9. The molecule has 5 atom stereocenters. The van der Waals surface area contributed by atoms with Gasteiger partial charge in [0.05, 0.1) is 52.3 Å². The molecule has 0 spiro atoms. The Morgan fingerprint density at radius 2 is 1.88 bits per heavy atom. The summed E-state index contributed by atoms with van der Waals surface area (Å²) in [6, 6.07) is 0.407. The number of nitrogen functional groups attached to an aromatic ring is 1. The second-order valence-corrected chi connectivity index (χ2v) is 15.3. The predicted octanol–water partition coefficient (Wildman–Crippen LogP) is 6.23. The third-order valence-corrected chi connectivity index (χ3v) is 10.7. The Hall–Kier alpha value is -3.17. The van der Waals surface area contributed by atoms with Crippen molar-refractivity contribution in [3.63, 3.8) is 0 Å². The van der Waals surface area contributed by atoms with E-state index in [0.717, 1.165) is 38.3 Å². The van der Waals surface area contributed by atoms with E-state index in [1.165, 1.54) is 0 Å². The lowest BCUT2D eigenvalue weighted by molar-refractivity contribution is -0.140. The molecule has 2 bridgehead atoms. The van der Waals surface area contributed by atoms with Crippen LogP contribution in [-0.4, -0.2) is 88.0 Å². The Balaban J connectivity index is 1.23. The van der Waals surface area contributed by atoms with Crippen molar-refractivity contribution in [2.75, 3.05) is 43.4 Å². The van der Waals surface area contributed by atoms with Gasteiger partial charge in [0.2, 0.25) is 0 Å². The number of anilines is 2. The molecule has 4 fully saturated rings. The molecule has 1 aromatic carbocycles. The van der Waals surface area contributed by atoms with E-state index >= 15 is 4.39 Å². The SMILES string of the molecule is CC(C)(C)OC(=O)N1C2CCC1CN(c1nc(OC[C@@]34CCCN3C[C@H](F)C4)nc3c1COC(c1c(F)c(N)cc(Cl)c1C(F)(F)F)C3)C2. The van der Waals surface area contributed by atoms with E-state index in [1.54, 1.807) is 4.90 Å². The quantitative estimate of drug-likeness (QED) is 0.285. The van der Waals surface area contributed by atoms with Crippen LogP contribution in [0.15, 0.2) is 6.07 Å². The molecule has 0 saturated carbocycles. The lowest BCUT2D eigenvalue weighted by Gasteiger charge is -2.42. The molecule has 16 heteroatoms. The average Bonchev–Trinajstić information content (AvgIpc) is 3.62. The van der Waals surface area contributed by atoms with Crippen molar-refractivity contribution in [2.45, 2.75) is 108 Å². The number of carbonyl (C=O) groups is 1. The predicted molar refractivity (Wildman–Crippen MR) is 170 cm³/mol. The Bertz CT molecular complexity index is 1630. The maximum absolute atomic E-state index is 15.4. The van der Waals surface area contributed by atoms with E-state index in [9.17, 15) is 22.4 Å². The normalized spacial score (nSPS) is 28.5. The largest absolute Gasteiger partial charge is 0.461 e. The number of hydrogen-bond donors (Lipinski definition) is 1. The molecule has 2 aromatic rings. The highest BCUT2D eigenvalue weighted by Gasteiger charge is 2.50. The van der Waals surface area contributed by atoms with E-state index < -0.39 is 57.2 Å². The number of carbonyl (C=O) groups excluding carboxylic acids is 1. The zero-order chi connectivity index (χ0) is 35.0. The number of rotatable bonds is 5. The molecule has 4 saturated heterocycles. The first-order chi connectivity index (χ1) is 23.0. The summed E-state index contributed by atoms with van der Waals surface area (Å²) in [5.74, 6) is -0.787. The van der Waals surface area contributed by atoms with Crippen molar-refractivity contribution >= 4 is 29.2 Å². The van der Waals surface area contributed by atoms with Gasteiger partial charge in [-0.3, -0.25) is 9.80 Å². The number of alkyl halides is 4. The van der Waals surface area contributed by atoms with Crippen LogP contribution in [0.5, 0.6) is 6.01 Å². The third kappa shape index (κ3) is 6.35. The van der Waals surface area contributed by atoms with Gasteiger partial charge in [-0.15, -0.1) is 0 Å². The van der Waals surface area contributed by atoms with Crippen LogP contribution in [0.3, 0.4) is 0 Å². The minimum atomic E-state index is -4.98. The molecule has 268 valence electrons. The summed E-state index contributed by atoms with van der Waals surface area (Å²) in [6.07, 6.45) is -4.48. The molecule has 0 aliphatic carbocycles. The molecule has 1 aromatic heterocycles. The molecule has 5 aliphatic heterocycles. The van der Waals surface area contributed by atoms with Crippen LogP contribution in [0.25, 0.3) is 0 Å². The van der Waals surface area contributed by atoms with Gasteiger partial charge in [-0.05, 0) is 59.1 Å². The second-order valence-electron chi connectivity index (χ2n) is 14.8. The number of nitrogens with two attached hydrogens (primary N) is 1. The fourth-order valence-electron chi connectivity index (χ4n) is 8.33. The fourth-order valence-corrected chi connectivity index (χ4v) is 8.66.